The fourth-order valence-electron chi connectivity index (χ4n) is 1.89. The Morgan fingerprint density at radius 3 is 2.62 bits per heavy atom. The molecule has 0 heterocycles. The fourth-order valence-corrected chi connectivity index (χ4v) is 1.89. The predicted molar refractivity (Wildman–Crippen MR) is 77.5 cm³/mol. The lowest BCUT2D eigenvalue weighted by molar-refractivity contribution is -0.148. The van der Waals surface area contributed by atoms with E-state index >= 15 is 0 Å². The molecule has 2 unspecified atom stereocenters. The highest BCUT2D eigenvalue weighted by Gasteiger charge is 2.18. The molecule has 1 amide bonds. The lowest BCUT2D eigenvalue weighted by Crippen LogP contribution is -2.38. The maximum atomic E-state index is 11.8. The Morgan fingerprint density at radius 2 is 2.05 bits per heavy atom. The Balaban J connectivity index is 2.51. The summed E-state index contributed by atoms with van der Waals surface area (Å²) in [5.74, 6) is -0.566. The molecule has 0 radical (unpaired) electrons. The average Bonchev–Trinajstić information content (AvgIpc) is 2.47. The molecule has 6 nitrogen and oxygen atoms in total. The largest absolute Gasteiger partial charge is 0.497 e. The van der Waals surface area contributed by atoms with Crippen LogP contribution in [0.2, 0.25) is 0 Å². The minimum absolute atomic E-state index is 0.00548. The Labute approximate surface area is 124 Å². The van der Waals surface area contributed by atoms with Crippen LogP contribution in [0.15, 0.2) is 24.3 Å². The number of aliphatic carboxylic acids is 1. The molecule has 2 atom stereocenters. The maximum absolute atomic E-state index is 11.8. The minimum atomic E-state index is -1.10. The van der Waals surface area contributed by atoms with Crippen LogP contribution in [0.3, 0.4) is 0 Å². The van der Waals surface area contributed by atoms with Crippen LogP contribution in [-0.2, 0) is 14.3 Å². The number of rotatable bonds is 8. The summed E-state index contributed by atoms with van der Waals surface area (Å²) in [5, 5.41) is 11.4. The van der Waals surface area contributed by atoms with E-state index < -0.39 is 12.1 Å². The van der Waals surface area contributed by atoms with Crippen molar-refractivity contribution in [1.82, 2.24) is 5.32 Å². The molecule has 1 aromatic carbocycles. The van der Waals surface area contributed by atoms with Gasteiger partial charge in [0.15, 0.2) is 6.10 Å². The number of carbonyl (C=O) groups excluding carboxylic acids is 1. The van der Waals surface area contributed by atoms with Gasteiger partial charge in [0.25, 0.3) is 0 Å². The van der Waals surface area contributed by atoms with Crippen molar-refractivity contribution in [1.29, 1.82) is 0 Å². The summed E-state index contributed by atoms with van der Waals surface area (Å²) < 4.78 is 9.90. The van der Waals surface area contributed by atoms with Crippen LogP contribution >= 0.6 is 0 Å². The first-order valence-corrected chi connectivity index (χ1v) is 6.64. The van der Waals surface area contributed by atoms with Crippen molar-refractivity contribution in [2.24, 2.45) is 0 Å². The normalized spacial score (nSPS) is 13.3. The molecule has 0 spiro atoms. The quantitative estimate of drug-likeness (QED) is 0.757. The molecule has 0 fully saturated rings. The SMILES string of the molecule is COc1cccc(C(C)CC(=O)NCC(OC)C(=O)O)c1. The zero-order valence-electron chi connectivity index (χ0n) is 12.5. The number of carbonyl (C=O) groups is 2. The van der Waals surface area contributed by atoms with E-state index in [1.807, 2.05) is 31.2 Å². The Hall–Kier alpha value is -2.08. The summed E-state index contributed by atoms with van der Waals surface area (Å²) in [6.07, 6.45) is -0.760. The average molecular weight is 295 g/mol. The van der Waals surface area contributed by atoms with Crippen molar-refractivity contribution < 1.29 is 24.2 Å². The highest BCUT2D eigenvalue weighted by Crippen LogP contribution is 2.22. The number of carboxylic acid groups (broad SMARTS) is 1. The van der Waals surface area contributed by atoms with Gasteiger partial charge in [0.05, 0.1) is 13.7 Å². The molecule has 1 aromatic rings. The Bertz CT molecular complexity index is 489. The zero-order valence-corrected chi connectivity index (χ0v) is 12.5. The minimum Gasteiger partial charge on any atom is -0.497 e. The molecule has 0 aliphatic rings. The van der Waals surface area contributed by atoms with Crippen LogP contribution in [-0.4, -0.2) is 43.9 Å². The summed E-state index contributed by atoms with van der Waals surface area (Å²) in [6.45, 7) is 1.88. The third kappa shape index (κ3) is 5.43. The fraction of sp³-hybridized carbons (Fsp3) is 0.467. The second-order valence-electron chi connectivity index (χ2n) is 4.75. The van der Waals surface area contributed by atoms with Gasteiger partial charge in [-0.2, -0.15) is 0 Å². The molecule has 1 rings (SSSR count). The first-order valence-electron chi connectivity index (χ1n) is 6.64. The summed E-state index contributed by atoms with van der Waals surface area (Å²) >= 11 is 0. The lowest BCUT2D eigenvalue weighted by Gasteiger charge is -2.15. The second-order valence-corrected chi connectivity index (χ2v) is 4.75. The molecule has 0 bridgehead atoms. The van der Waals surface area contributed by atoms with Gasteiger partial charge in [0.1, 0.15) is 5.75 Å². The van der Waals surface area contributed by atoms with Gasteiger partial charge < -0.3 is 19.9 Å². The molecule has 0 saturated heterocycles. The van der Waals surface area contributed by atoms with Crippen molar-refractivity contribution in [3.63, 3.8) is 0 Å². The van der Waals surface area contributed by atoms with Crippen LogP contribution < -0.4 is 10.1 Å². The van der Waals surface area contributed by atoms with Gasteiger partial charge >= 0.3 is 5.97 Å². The van der Waals surface area contributed by atoms with Crippen LogP contribution in [0.4, 0.5) is 0 Å². The van der Waals surface area contributed by atoms with E-state index in [0.29, 0.717) is 0 Å². The Kier molecular flexibility index (Phi) is 6.68. The van der Waals surface area contributed by atoms with E-state index in [9.17, 15) is 9.59 Å². The number of benzene rings is 1. The molecule has 0 aliphatic heterocycles. The van der Waals surface area contributed by atoms with Crippen molar-refractivity contribution >= 4 is 11.9 Å². The van der Waals surface area contributed by atoms with Gasteiger partial charge in [0, 0.05) is 13.5 Å². The summed E-state index contributed by atoms with van der Waals surface area (Å²) in [7, 11) is 2.89. The van der Waals surface area contributed by atoms with Crippen LogP contribution in [0.1, 0.15) is 24.8 Å². The summed E-state index contributed by atoms with van der Waals surface area (Å²) in [6, 6.07) is 7.52. The van der Waals surface area contributed by atoms with Gasteiger partial charge in [-0.25, -0.2) is 4.79 Å². The highest BCUT2D eigenvalue weighted by molar-refractivity contribution is 5.78. The molecular formula is C15H21NO5. The first kappa shape index (κ1) is 17.0. The lowest BCUT2D eigenvalue weighted by atomic mass is 9.97. The van der Waals surface area contributed by atoms with Gasteiger partial charge in [-0.05, 0) is 23.6 Å². The number of methoxy groups -OCH3 is 2. The predicted octanol–water partition coefficient (Wildman–Crippen LogP) is 1.40. The zero-order chi connectivity index (χ0) is 15.8. The van der Waals surface area contributed by atoms with Crippen LogP contribution in [0, 0.1) is 0 Å². The van der Waals surface area contributed by atoms with E-state index in [1.165, 1.54) is 7.11 Å². The van der Waals surface area contributed by atoms with Crippen LogP contribution in [0.5, 0.6) is 5.75 Å². The molecule has 0 aromatic heterocycles. The molecule has 6 heteroatoms. The van der Waals surface area contributed by atoms with Gasteiger partial charge in [-0.15, -0.1) is 0 Å². The number of hydrogen-bond donors (Lipinski definition) is 2. The number of carboxylic acids is 1. The molecular weight excluding hydrogens is 274 g/mol. The molecule has 2 N–H and O–H groups in total. The number of hydrogen-bond acceptors (Lipinski definition) is 4. The smallest absolute Gasteiger partial charge is 0.334 e. The molecule has 21 heavy (non-hydrogen) atoms. The maximum Gasteiger partial charge on any atom is 0.334 e. The Morgan fingerprint density at radius 1 is 1.33 bits per heavy atom. The van der Waals surface area contributed by atoms with E-state index in [-0.39, 0.29) is 24.8 Å². The number of nitrogens with one attached hydrogen (secondary N) is 1. The van der Waals surface area contributed by atoms with E-state index in [1.54, 1.807) is 7.11 Å². The van der Waals surface area contributed by atoms with Gasteiger partial charge in [0.2, 0.25) is 5.91 Å². The topological polar surface area (TPSA) is 84.9 Å². The highest BCUT2D eigenvalue weighted by atomic mass is 16.5. The van der Waals surface area contributed by atoms with E-state index in [2.05, 4.69) is 5.32 Å². The third-order valence-corrected chi connectivity index (χ3v) is 3.20. The van der Waals surface area contributed by atoms with Crippen molar-refractivity contribution in [2.45, 2.75) is 25.4 Å². The van der Waals surface area contributed by atoms with Crippen molar-refractivity contribution in [3.8, 4) is 5.75 Å². The second kappa shape index (κ2) is 8.26. The molecule has 116 valence electrons. The third-order valence-electron chi connectivity index (χ3n) is 3.20. The van der Waals surface area contributed by atoms with E-state index in [4.69, 9.17) is 14.6 Å². The number of ether oxygens (including phenoxy) is 2. The first-order chi connectivity index (χ1) is 9.97. The van der Waals surface area contributed by atoms with Crippen molar-refractivity contribution in [2.75, 3.05) is 20.8 Å². The summed E-state index contributed by atoms with van der Waals surface area (Å²) in [4.78, 5) is 22.6. The van der Waals surface area contributed by atoms with E-state index in [0.717, 1.165) is 11.3 Å². The number of amides is 1. The van der Waals surface area contributed by atoms with Crippen LogP contribution in [0.25, 0.3) is 0 Å². The van der Waals surface area contributed by atoms with Crippen molar-refractivity contribution in [3.05, 3.63) is 29.8 Å². The molecule has 0 saturated carbocycles. The van der Waals surface area contributed by atoms with Gasteiger partial charge in [-0.1, -0.05) is 19.1 Å². The van der Waals surface area contributed by atoms with Gasteiger partial charge in [-0.3, -0.25) is 4.79 Å². The monoisotopic (exact) mass is 295 g/mol. The summed E-state index contributed by atoms with van der Waals surface area (Å²) in [5.41, 5.74) is 0.992. The molecule has 0 aliphatic carbocycles. The standard InChI is InChI=1S/C15H21NO5/c1-10(11-5-4-6-12(8-11)20-2)7-14(17)16-9-13(21-3)15(18)19/h4-6,8,10,13H,7,9H2,1-3H3,(H,16,17)(H,18,19).